The number of nitrogens with one attached hydrogen (secondary N) is 3. The fourth-order valence-electron chi connectivity index (χ4n) is 2.70. The summed E-state index contributed by atoms with van der Waals surface area (Å²) in [4.78, 5) is 14.3. The van der Waals surface area contributed by atoms with Gasteiger partial charge in [0, 0.05) is 25.7 Å². The number of amides is 1. The zero-order valence-electron chi connectivity index (χ0n) is 12.5. The highest BCUT2D eigenvalue weighted by atomic mass is 16.2. The number of anilines is 2. The molecule has 2 aromatic rings. The van der Waals surface area contributed by atoms with Crippen molar-refractivity contribution in [1.29, 1.82) is 5.41 Å². The number of hydrogen-bond donors (Lipinski definition) is 3. The first kappa shape index (κ1) is 14.3. The number of nitrogens with zero attached hydrogens (tertiary/aromatic N) is 2. The van der Waals surface area contributed by atoms with Crippen LogP contribution in [0.3, 0.4) is 0 Å². The zero-order chi connectivity index (χ0) is 15.5. The maximum atomic E-state index is 12.6. The smallest absolute Gasteiger partial charge is 0.272 e. The number of fused-ring (bicyclic) bond motifs is 1. The van der Waals surface area contributed by atoms with E-state index in [9.17, 15) is 4.79 Å². The SMILES string of the molecule is CC(CC(=N)C(=O)N1CCNc2ccccc21)c1cn[nH]c1. The van der Waals surface area contributed by atoms with Crippen molar-refractivity contribution < 1.29 is 4.79 Å². The van der Waals surface area contributed by atoms with E-state index in [0.29, 0.717) is 19.5 Å². The number of H-pyrrole nitrogens is 1. The highest BCUT2D eigenvalue weighted by molar-refractivity contribution is 6.43. The maximum absolute atomic E-state index is 12.6. The largest absolute Gasteiger partial charge is 0.382 e. The van der Waals surface area contributed by atoms with Gasteiger partial charge in [0.05, 0.1) is 23.3 Å². The van der Waals surface area contributed by atoms with Crippen molar-refractivity contribution in [2.75, 3.05) is 23.3 Å². The number of carbonyl (C=O) groups is 1. The Bertz CT molecular complexity index is 680. The Morgan fingerprint density at radius 1 is 1.45 bits per heavy atom. The normalized spacial score (nSPS) is 14.9. The van der Waals surface area contributed by atoms with E-state index in [4.69, 9.17) is 5.41 Å². The van der Waals surface area contributed by atoms with E-state index in [-0.39, 0.29) is 17.5 Å². The minimum Gasteiger partial charge on any atom is -0.382 e. The van der Waals surface area contributed by atoms with E-state index in [0.717, 1.165) is 16.9 Å². The molecule has 0 saturated carbocycles. The van der Waals surface area contributed by atoms with Crippen LogP contribution in [0.4, 0.5) is 11.4 Å². The molecule has 6 nitrogen and oxygen atoms in total. The minimum absolute atomic E-state index is 0.0911. The number of aromatic nitrogens is 2. The van der Waals surface area contributed by atoms with Crippen molar-refractivity contribution in [2.24, 2.45) is 0 Å². The van der Waals surface area contributed by atoms with Gasteiger partial charge in [0.1, 0.15) is 0 Å². The summed E-state index contributed by atoms with van der Waals surface area (Å²) >= 11 is 0. The number of carbonyl (C=O) groups excluding carboxylic acids is 1. The second-order valence-corrected chi connectivity index (χ2v) is 5.52. The molecule has 1 aromatic carbocycles. The van der Waals surface area contributed by atoms with E-state index in [1.807, 2.05) is 37.4 Å². The lowest BCUT2D eigenvalue weighted by atomic mass is 9.97. The summed E-state index contributed by atoms with van der Waals surface area (Å²) in [7, 11) is 0. The number of aromatic amines is 1. The van der Waals surface area contributed by atoms with Crippen LogP contribution in [0.25, 0.3) is 0 Å². The summed E-state index contributed by atoms with van der Waals surface area (Å²) in [6.07, 6.45) is 3.95. The van der Waals surface area contributed by atoms with Crippen LogP contribution in [0.1, 0.15) is 24.8 Å². The summed E-state index contributed by atoms with van der Waals surface area (Å²) < 4.78 is 0. The molecule has 0 radical (unpaired) electrons. The molecule has 0 fully saturated rings. The average molecular weight is 297 g/mol. The second kappa shape index (κ2) is 6.01. The molecule has 1 aliphatic heterocycles. The van der Waals surface area contributed by atoms with Crippen molar-refractivity contribution in [3.05, 3.63) is 42.2 Å². The van der Waals surface area contributed by atoms with Gasteiger partial charge in [0.25, 0.3) is 5.91 Å². The predicted octanol–water partition coefficient (Wildman–Crippen LogP) is 2.38. The molecule has 1 amide bonds. The fraction of sp³-hybridized carbons (Fsp3) is 0.312. The fourth-order valence-corrected chi connectivity index (χ4v) is 2.70. The molecular weight excluding hydrogens is 278 g/mol. The molecular formula is C16H19N5O. The van der Waals surface area contributed by atoms with Gasteiger partial charge in [-0.2, -0.15) is 5.10 Å². The Balaban J connectivity index is 1.73. The van der Waals surface area contributed by atoms with Crippen molar-refractivity contribution in [3.63, 3.8) is 0 Å². The third-order valence-electron chi connectivity index (χ3n) is 3.95. The summed E-state index contributed by atoms with van der Waals surface area (Å²) in [6.45, 7) is 3.28. The Labute approximate surface area is 129 Å². The van der Waals surface area contributed by atoms with Crippen LogP contribution in [0.15, 0.2) is 36.7 Å². The number of hydrogen-bond acceptors (Lipinski definition) is 4. The molecule has 1 aliphatic rings. The van der Waals surface area contributed by atoms with Crippen molar-refractivity contribution in [3.8, 4) is 0 Å². The van der Waals surface area contributed by atoms with Crippen LogP contribution >= 0.6 is 0 Å². The van der Waals surface area contributed by atoms with Crippen molar-refractivity contribution in [1.82, 2.24) is 10.2 Å². The molecule has 0 aliphatic carbocycles. The summed E-state index contributed by atoms with van der Waals surface area (Å²) in [5.74, 6) is -0.127. The van der Waals surface area contributed by atoms with Gasteiger partial charge in [0.15, 0.2) is 0 Å². The molecule has 1 aromatic heterocycles. The third kappa shape index (κ3) is 2.72. The van der Waals surface area contributed by atoms with E-state index in [1.165, 1.54) is 0 Å². The van der Waals surface area contributed by atoms with Crippen LogP contribution in [0, 0.1) is 5.41 Å². The highest BCUT2D eigenvalue weighted by Crippen LogP contribution is 2.29. The van der Waals surface area contributed by atoms with Gasteiger partial charge in [0.2, 0.25) is 0 Å². The standard InChI is InChI=1S/C16H19N5O/c1-11(12-9-19-20-10-12)8-13(17)16(22)21-7-6-18-14-4-2-3-5-15(14)21/h2-5,9-11,17-18H,6-8H2,1H3,(H,19,20). The quantitative estimate of drug-likeness (QED) is 0.757. The van der Waals surface area contributed by atoms with Crippen LogP contribution < -0.4 is 10.2 Å². The van der Waals surface area contributed by atoms with Crippen molar-refractivity contribution in [2.45, 2.75) is 19.3 Å². The van der Waals surface area contributed by atoms with Gasteiger partial charge < -0.3 is 10.2 Å². The lowest BCUT2D eigenvalue weighted by Gasteiger charge is -2.30. The Morgan fingerprint density at radius 2 is 2.27 bits per heavy atom. The average Bonchev–Trinajstić information content (AvgIpc) is 3.08. The van der Waals surface area contributed by atoms with Gasteiger partial charge >= 0.3 is 0 Å². The maximum Gasteiger partial charge on any atom is 0.272 e. The molecule has 3 rings (SSSR count). The zero-order valence-corrected chi connectivity index (χ0v) is 12.5. The number of para-hydroxylation sites is 2. The van der Waals surface area contributed by atoms with E-state index < -0.39 is 0 Å². The molecule has 2 heterocycles. The van der Waals surface area contributed by atoms with E-state index in [2.05, 4.69) is 15.5 Å². The molecule has 6 heteroatoms. The van der Waals surface area contributed by atoms with Crippen LogP contribution in [-0.4, -0.2) is 34.9 Å². The van der Waals surface area contributed by atoms with Crippen molar-refractivity contribution >= 4 is 23.0 Å². The molecule has 3 N–H and O–H groups in total. The van der Waals surface area contributed by atoms with E-state index >= 15 is 0 Å². The summed E-state index contributed by atoms with van der Waals surface area (Å²) in [5, 5.41) is 18.1. The summed E-state index contributed by atoms with van der Waals surface area (Å²) in [5.41, 5.74) is 2.93. The molecule has 0 bridgehead atoms. The topological polar surface area (TPSA) is 84.9 Å². The van der Waals surface area contributed by atoms with Gasteiger partial charge in [-0.05, 0) is 23.6 Å². The van der Waals surface area contributed by atoms with Crippen LogP contribution in [0.5, 0.6) is 0 Å². The first-order chi connectivity index (χ1) is 10.7. The lowest BCUT2D eigenvalue weighted by molar-refractivity contribution is -0.112. The highest BCUT2D eigenvalue weighted by Gasteiger charge is 2.26. The third-order valence-corrected chi connectivity index (χ3v) is 3.95. The molecule has 0 saturated heterocycles. The first-order valence-corrected chi connectivity index (χ1v) is 7.37. The monoisotopic (exact) mass is 297 g/mol. The molecule has 1 unspecified atom stereocenters. The first-order valence-electron chi connectivity index (χ1n) is 7.37. The van der Waals surface area contributed by atoms with Gasteiger partial charge in [-0.25, -0.2) is 0 Å². The molecule has 0 spiro atoms. The van der Waals surface area contributed by atoms with Gasteiger partial charge in [-0.3, -0.25) is 15.3 Å². The lowest BCUT2D eigenvalue weighted by Crippen LogP contribution is -2.42. The van der Waals surface area contributed by atoms with E-state index in [1.54, 1.807) is 11.1 Å². The van der Waals surface area contributed by atoms with Crippen LogP contribution in [0.2, 0.25) is 0 Å². The molecule has 22 heavy (non-hydrogen) atoms. The Kier molecular flexibility index (Phi) is 3.91. The predicted molar refractivity (Wildman–Crippen MR) is 86.6 cm³/mol. The second-order valence-electron chi connectivity index (χ2n) is 5.52. The molecule has 114 valence electrons. The van der Waals surface area contributed by atoms with Gasteiger partial charge in [-0.15, -0.1) is 0 Å². The van der Waals surface area contributed by atoms with Gasteiger partial charge in [-0.1, -0.05) is 19.1 Å². The molecule has 1 atom stereocenters. The number of rotatable bonds is 4. The van der Waals surface area contributed by atoms with Crippen LogP contribution in [-0.2, 0) is 4.79 Å². The number of benzene rings is 1. The Hall–Kier alpha value is -2.63. The minimum atomic E-state index is -0.218. The summed E-state index contributed by atoms with van der Waals surface area (Å²) in [6, 6.07) is 7.70. The Morgan fingerprint density at radius 3 is 3.05 bits per heavy atom.